The molecule has 1 saturated heterocycles. The summed E-state index contributed by atoms with van der Waals surface area (Å²) < 4.78 is 49.7. The topological polar surface area (TPSA) is 101 Å². The molecule has 1 aromatic heterocycles. The van der Waals surface area contributed by atoms with Crippen LogP contribution in [0.15, 0.2) is 24.3 Å². The minimum absolute atomic E-state index is 0.0202. The second-order valence-electron chi connectivity index (χ2n) is 6.04. The fourth-order valence-corrected chi connectivity index (χ4v) is 4.29. The molecule has 0 radical (unpaired) electrons. The van der Waals surface area contributed by atoms with Gasteiger partial charge in [-0.2, -0.15) is 0 Å². The second-order valence-corrected chi connectivity index (χ2v) is 8.27. The maximum atomic E-state index is 13.7. The number of aromatic nitrogens is 2. The average Bonchev–Trinajstić information content (AvgIpc) is 2.88. The molecule has 1 fully saturated rings. The highest BCUT2D eigenvalue weighted by atomic mass is 32.2. The Kier molecular flexibility index (Phi) is 4.86. The zero-order chi connectivity index (χ0) is 18.9. The van der Waals surface area contributed by atoms with E-state index < -0.39 is 33.4 Å². The van der Waals surface area contributed by atoms with Crippen LogP contribution in [0.5, 0.6) is 0 Å². The van der Waals surface area contributed by atoms with Gasteiger partial charge < -0.3 is 10.6 Å². The SMILES string of the molecule is Cc1cc(C(=O)NC2CCS(=O)(=O)C2)nc(Nc2ccc(F)cc2F)n1. The fourth-order valence-electron chi connectivity index (χ4n) is 2.62. The van der Waals surface area contributed by atoms with Crippen molar-refractivity contribution in [1.29, 1.82) is 0 Å². The van der Waals surface area contributed by atoms with Gasteiger partial charge in [0.05, 0.1) is 17.2 Å². The van der Waals surface area contributed by atoms with Gasteiger partial charge in [0, 0.05) is 17.8 Å². The normalized spacial score (nSPS) is 18.5. The van der Waals surface area contributed by atoms with Gasteiger partial charge in [-0.15, -0.1) is 0 Å². The van der Waals surface area contributed by atoms with Gasteiger partial charge in [0.15, 0.2) is 9.84 Å². The van der Waals surface area contributed by atoms with E-state index >= 15 is 0 Å². The number of hydrogen-bond donors (Lipinski definition) is 2. The molecule has 0 aliphatic carbocycles. The summed E-state index contributed by atoms with van der Waals surface area (Å²) in [6, 6.07) is 3.96. The Morgan fingerprint density at radius 2 is 2.00 bits per heavy atom. The Bertz CT molecular complexity index is 966. The number of carbonyl (C=O) groups excluding carboxylic acids is 1. The van der Waals surface area contributed by atoms with Crippen molar-refractivity contribution < 1.29 is 22.0 Å². The number of benzene rings is 1. The third-order valence-electron chi connectivity index (χ3n) is 3.83. The van der Waals surface area contributed by atoms with Crippen molar-refractivity contribution >= 4 is 27.4 Å². The summed E-state index contributed by atoms with van der Waals surface area (Å²) in [6.45, 7) is 1.63. The minimum atomic E-state index is -3.12. The molecular weight excluding hydrogens is 366 g/mol. The van der Waals surface area contributed by atoms with Crippen LogP contribution in [-0.4, -0.2) is 41.8 Å². The summed E-state index contributed by atoms with van der Waals surface area (Å²) in [5.41, 5.74) is 0.436. The smallest absolute Gasteiger partial charge is 0.270 e. The summed E-state index contributed by atoms with van der Waals surface area (Å²) in [5.74, 6) is -2.17. The molecule has 2 N–H and O–H groups in total. The van der Waals surface area contributed by atoms with Crippen LogP contribution in [-0.2, 0) is 9.84 Å². The van der Waals surface area contributed by atoms with Crippen LogP contribution in [0.4, 0.5) is 20.4 Å². The number of nitrogens with one attached hydrogen (secondary N) is 2. The van der Waals surface area contributed by atoms with E-state index in [0.717, 1.165) is 6.07 Å². The highest BCUT2D eigenvalue weighted by Gasteiger charge is 2.29. The first-order chi connectivity index (χ1) is 12.2. The number of rotatable bonds is 4. The zero-order valence-electron chi connectivity index (χ0n) is 13.8. The lowest BCUT2D eigenvalue weighted by atomic mass is 10.2. The molecule has 138 valence electrons. The number of sulfone groups is 1. The first-order valence-electron chi connectivity index (χ1n) is 7.81. The molecule has 0 spiro atoms. The number of carbonyl (C=O) groups is 1. The molecule has 0 bridgehead atoms. The number of hydrogen-bond acceptors (Lipinski definition) is 6. The molecule has 2 aromatic rings. The third-order valence-corrected chi connectivity index (χ3v) is 5.60. The van der Waals surface area contributed by atoms with Crippen LogP contribution in [0.3, 0.4) is 0 Å². The molecule has 0 saturated carbocycles. The van der Waals surface area contributed by atoms with Crippen molar-refractivity contribution in [1.82, 2.24) is 15.3 Å². The van der Waals surface area contributed by atoms with Gasteiger partial charge in [-0.05, 0) is 31.5 Å². The van der Waals surface area contributed by atoms with Crippen LogP contribution in [0, 0.1) is 18.6 Å². The Morgan fingerprint density at radius 3 is 2.65 bits per heavy atom. The number of anilines is 2. The molecule has 1 unspecified atom stereocenters. The summed E-state index contributed by atoms with van der Waals surface area (Å²) in [7, 11) is -3.12. The van der Waals surface area contributed by atoms with Gasteiger partial charge in [0.2, 0.25) is 5.95 Å². The molecule has 1 atom stereocenters. The number of aryl methyl sites for hydroxylation is 1. The van der Waals surface area contributed by atoms with E-state index in [0.29, 0.717) is 18.2 Å². The van der Waals surface area contributed by atoms with E-state index in [-0.39, 0.29) is 28.8 Å². The predicted molar refractivity (Wildman–Crippen MR) is 90.9 cm³/mol. The van der Waals surface area contributed by atoms with Crippen molar-refractivity contribution in [2.45, 2.75) is 19.4 Å². The predicted octanol–water partition coefficient (Wildman–Crippen LogP) is 1.72. The van der Waals surface area contributed by atoms with E-state index in [9.17, 15) is 22.0 Å². The highest BCUT2D eigenvalue weighted by Crippen LogP contribution is 2.19. The van der Waals surface area contributed by atoms with Gasteiger partial charge in [-0.25, -0.2) is 27.2 Å². The van der Waals surface area contributed by atoms with E-state index in [4.69, 9.17) is 0 Å². The third kappa shape index (κ3) is 4.31. The summed E-state index contributed by atoms with van der Waals surface area (Å²) in [4.78, 5) is 20.4. The maximum Gasteiger partial charge on any atom is 0.270 e. The molecule has 2 heterocycles. The van der Waals surface area contributed by atoms with E-state index in [2.05, 4.69) is 20.6 Å². The molecule has 1 aliphatic rings. The number of nitrogens with zero attached hydrogens (tertiary/aromatic N) is 2. The standard InChI is InChI=1S/C16H16F2N4O3S/c1-9-6-14(15(23)20-11-4-5-26(24,25)8-11)22-16(19-9)21-13-3-2-10(17)7-12(13)18/h2-3,6-7,11H,4-5,8H2,1H3,(H,20,23)(H,19,21,22). The monoisotopic (exact) mass is 382 g/mol. The lowest BCUT2D eigenvalue weighted by molar-refractivity contribution is 0.0936. The highest BCUT2D eigenvalue weighted by molar-refractivity contribution is 7.91. The van der Waals surface area contributed by atoms with Crippen LogP contribution in [0.25, 0.3) is 0 Å². The average molecular weight is 382 g/mol. The first kappa shape index (κ1) is 18.2. The first-order valence-corrected chi connectivity index (χ1v) is 9.63. The molecule has 1 amide bonds. The molecular formula is C16H16F2N4O3S. The molecule has 26 heavy (non-hydrogen) atoms. The molecule has 1 aliphatic heterocycles. The Balaban J connectivity index is 1.78. The molecule has 3 rings (SSSR count). The maximum absolute atomic E-state index is 13.7. The minimum Gasteiger partial charge on any atom is -0.347 e. The van der Waals surface area contributed by atoms with Gasteiger partial charge in [0.25, 0.3) is 5.91 Å². The van der Waals surface area contributed by atoms with E-state index in [1.165, 1.54) is 12.1 Å². The summed E-state index contributed by atoms with van der Waals surface area (Å²) in [5, 5.41) is 5.23. The lowest BCUT2D eigenvalue weighted by Gasteiger charge is -2.12. The Hall–Kier alpha value is -2.62. The van der Waals surface area contributed by atoms with Gasteiger partial charge in [-0.1, -0.05) is 0 Å². The van der Waals surface area contributed by atoms with Crippen LogP contribution in [0.1, 0.15) is 22.6 Å². The quantitative estimate of drug-likeness (QED) is 0.835. The molecule has 7 nitrogen and oxygen atoms in total. The van der Waals surface area contributed by atoms with Crippen LogP contribution in [0.2, 0.25) is 0 Å². The Labute approximate surface area is 148 Å². The second kappa shape index (κ2) is 6.94. The lowest BCUT2D eigenvalue weighted by Crippen LogP contribution is -2.36. The molecule has 1 aromatic carbocycles. The van der Waals surface area contributed by atoms with E-state index in [1.54, 1.807) is 6.92 Å². The number of halogens is 2. The van der Waals surface area contributed by atoms with Crippen molar-refractivity contribution in [3.63, 3.8) is 0 Å². The summed E-state index contributed by atoms with van der Waals surface area (Å²) >= 11 is 0. The van der Waals surface area contributed by atoms with Crippen molar-refractivity contribution in [3.8, 4) is 0 Å². The van der Waals surface area contributed by atoms with Crippen molar-refractivity contribution in [2.24, 2.45) is 0 Å². The molecule has 10 heteroatoms. The van der Waals surface area contributed by atoms with Crippen LogP contribution >= 0.6 is 0 Å². The fraction of sp³-hybridized carbons (Fsp3) is 0.312. The van der Waals surface area contributed by atoms with Crippen LogP contribution < -0.4 is 10.6 Å². The van der Waals surface area contributed by atoms with Gasteiger partial charge in [0.1, 0.15) is 17.3 Å². The van der Waals surface area contributed by atoms with Gasteiger partial charge in [-0.3, -0.25) is 4.79 Å². The Morgan fingerprint density at radius 1 is 1.23 bits per heavy atom. The van der Waals surface area contributed by atoms with Gasteiger partial charge >= 0.3 is 0 Å². The van der Waals surface area contributed by atoms with Crippen molar-refractivity contribution in [2.75, 3.05) is 16.8 Å². The van der Waals surface area contributed by atoms with E-state index in [1.807, 2.05) is 0 Å². The zero-order valence-corrected chi connectivity index (χ0v) is 14.6. The number of amides is 1. The largest absolute Gasteiger partial charge is 0.347 e. The van der Waals surface area contributed by atoms with Crippen molar-refractivity contribution in [3.05, 3.63) is 47.3 Å². The summed E-state index contributed by atoms with van der Waals surface area (Å²) in [6.07, 6.45) is 0.351.